The van der Waals surface area contributed by atoms with Crippen LogP contribution in [-0.2, 0) is 4.74 Å². The standard InChI is InChI=1S/C45H30N4OS/c1-2-12-27(13-3-1)43-46-44(48-45(47-43)34-18-11-23-40-41(34)33-16-6-9-22-39(33)51-40)28-24-25-31-32-17-10-21-37(42(32)50-38(31)26-28)49-35-19-7-4-14-29(35)30-15-5-8-20-36(30)49/h1-20,22-25,37-38H,21,26H2. The van der Waals surface area contributed by atoms with Gasteiger partial charge in [0.25, 0.3) is 0 Å². The Morgan fingerprint density at radius 1 is 0.627 bits per heavy atom. The highest BCUT2D eigenvalue weighted by molar-refractivity contribution is 7.25. The summed E-state index contributed by atoms with van der Waals surface area (Å²) in [4.78, 5) is 15.4. The fraction of sp³-hybridized carbons (Fsp3) is 0.0889. The van der Waals surface area contributed by atoms with Crippen molar-refractivity contribution < 1.29 is 4.74 Å². The molecule has 8 aromatic rings. The molecular weight excluding hydrogens is 645 g/mol. The van der Waals surface area contributed by atoms with Crippen molar-refractivity contribution in [2.24, 2.45) is 0 Å². The Labute approximate surface area is 298 Å². The van der Waals surface area contributed by atoms with Gasteiger partial charge >= 0.3 is 0 Å². The van der Waals surface area contributed by atoms with Crippen molar-refractivity contribution in [1.29, 1.82) is 0 Å². The molecule has 1 aliphatic heterocycles. The Balaban J connectivity index is 1.02. The third kappa shape index (κ3) is 4.43. The van der Waals surface area contributed by atoms with Crippen LogP contribution in [0.4, 0.5) is 0 Å². The van der Waals surface area contributed by atoms with Crippen molar-refractivity contribution in [3.63, 3.8) is 0 Å². The second kappa shape index (κ2) is 11.2. The molecule has 2 atom stereocenters. The lowest BCUT2D eigenvalue weighted by Gasteiger charge is -2.25. The van der Waals surface area contributed by atoms with Gasteiger partial charge in [-0.1, -0.05) is 121 Å². The minimum absolute atomic E-state index is 0.0686. The van der Waals surface area contributed by atoms with Gasteiger partial charge in [0, 0.05) is 76.2 Å². The Kier molecular flexibility index (Phi) is 6.31. The van der Waals surface area contributed by atoms with E-state index in [4.69, 9.17) is 19.7 Å². The van der Waals surface area contributed by atoms with Gasteiger partial charge < -0.3 is 9.30 Å². The number of benzene rings is 5. The predicted octanol–water partition coefficient (Wildman–Crippen LogP) is 11.2. The number of para-hydroxylation sites is 2. The maximum atomic E-state index is 7.01. The zero-order valence-electron chi connectivity index (χ0n) is 27.5. The summed E-state index contributed by atoms with van der Waals surface area (Å²) in [5, 5.41) is 4.96. The van der Waals surface area contributed by atoms with Crippen LogP contribution in [0.5, 0.6) is 0 Å². The van der Waals surface area contributed by atoms with Gasteiger partial charge in [-0.15, -0.1) is 11.3 Å². The average molecular weight is 675 g/mol. The molecule has 242 valence electrons. The van der Waals surface area contributed by atoms with Crippen molar-refractivity contribution in [2.75, 3.05) is 0 Å². The van der Waals surface area contributed by atoms with Crippen LogP contribution < -0.4 is 0 Å². The second-order valence-electron chi connectivity index (χ2n) is 13.4. The molecule has 2 aliphatic carbocycles. The van der Waals surface area contributed by atoms with E-state index in [1.165, 1.54) is 53.1 Å². The van der Waals surface area contributed by atoms with E-state index in [2.05, 4.69) is 132 Å². The minimum atomic E-state index is -0.113. The number of aromatic nitrogens is 4. The van der Waals surface area contributed by atoms with Crippen LogP contribution in [0.25, 0.3) is 70.3 Å². The quantitative estimate of drug-likeness (QED) is 0.186. The van der Waals surface area contributed by atoms with Crippen LogP contribution >= 0.6 is 11.3 Å². The Hall–Kier alpha value is -6.11. The molecule has 11 rings (SSSR count). The summed E-state index contributed by atoms with van der Waals surface area (Å²) >= 11 is 1.80. The monoisotopic (exact) mass is 674 g/mol. The van der Waals surface area contributed by atoms with E-state index in [9.17, 15) is 0 Å². The van der Waals surface area contributed by atoms with Crippen molar-refractivity contribution >= 4 is 58.9 Å². The van der Waals surface area contributed by atoms with Crippen molar-refractivity contribution in [2.45, 2.75) is 25.0 Å². The molecule has 5 aromatic carbocycles. The Morgan fingerprint density at radius 2 is 1.31 bits per heavy atom. The predicted molar refractivity (Wildman–Crippen MR) is 208 cm³/mol. The third-order valence-electron chi connectivity index (χ3n) is 10.5. The first kappa shape index (κ1) is 28.7. The summed E-state index contributed by atoms with van der Waals surface area (Å²) in [5.41, 5.74) is 7.92. The van der Waals surface area contributed by atoms with Crippen LogP contribution in [0, 0.1) is 0 Å². The van der Waals surface area contributed by atoms with E-state index in [-0.39, 0.29) is 12.1 Å². The highest BCUT2D eigenvalue weighted by Crippen LogP contribution is 2.48. The number of rotatable bonds is 4. The van der Waals surface area contributed by atoms with Gasteiger partial charge in [0.15, 0.2) is 17.5 Å². The molecule has 0 radical (unpaired) electrons. The summed E-state index contributed by atoms with van der Waals surface area (Å²) in [5.74, 6) is 3.09. The van der Waals surface area contributed by atoms with Crippen molar-refractivity contribution in [3.05, 3.63) is 168 Å². The minimum Gasteiger partial charge on any atom is -0.487 e. The molecule has 0 spiro atoms. The molecule has 5 nitrogen and oxygen atoms in total. The number of nitrogens with zero attached hydrogens (tertiary/aromatic N) is 4. The van der Waals surface area contributed by atoms with Gasteiger partial charge in [-0.25, -0.2) is 15.0 Å². The number of thiophene rings is 1. The SMILES string of the molecule is C1=CC2=C(OC3CC(c4nc(-c5ccccc5)nc(-c5cccc6sc7ccccc7c56)n4)=CC=C23)C(n2c3ccccc3c3ccccc32)C1. The fourth-order valence-corrected chi connectivity index (χ4v) is 9.39. The number of ether oxygens (including phenoxy) is 1. The van der Waals surface area contributed by atoms with Gasteiger partial charge in [-0.3, -0.25) is 0 Å². The Bertz CT molecular complexity index is 2800. The van der Waals surface area contributed by atoms with Gasteiger partial charge in [0.05, 0.1) is 6.04 Å². The molecule has 6 heteroatoms. The zero-order chi connectivity index (χ0) is 33.5. The van der Waals surface area contributed by atoms with Gasteiger partial charge in [0.1, 0.15) is 11.9 Å². The summed E-state index contributed by atoms with van der Waals surface area (Å²) in [7, 11) is 0. The first-order valence-electron chi connectivity index (χ1n) is 17.5. The highest BCUT2D eigenvalue weighted by Gasteiger charge is 2.39. The maximum absolute atomic E-state index is 7.01. The lowest BCUT2D eigenvalue weighted by Crippen LogP contribution is -2.17. The molecule has 0 bridgehead atoms. The van der Waals surface area contributed by atoms with E-state index < -0.39 is 0 Å². The summed E-state index contributed by atoms with van der Waals surface area (Å²) < 4.78 is 12.0. The number of fused-ring (bicyclic) bond motifs is 8. The molecule has 0 N–H and O–H groups in total. The van der Waals surface area contributed by atoms with Gasteiger partial charge in [-0.05, 0) is 30.7 Å². The lowest BCUT2D eigenvalue weighted by molar-refractivity contribution is 0.144. The Morgan fingerprint density at radius 3 is 2.14 bits per heavy atom. The molecule has 4 heterocycles. The molecule has 0 saturated carbocycles. The summed E-state index contributed by atoms with van der Waals surface area (Å²) in [6.45, 7) is 0. The highest BCUT2D eigenvalue weighted by atomic mass is 32.1. The van der Waals surface area contributed by atoms with E-state index in [1.54, 1.807) is 11.3 Å². The summed E-state index contributed by atoms with van der Waals surface area (Å²) in [6, 6.07) is 42.7. The first-order valence-corrected chi connectivity index (χ1v) is 18.3. The molecule has 0 saturated heterocycles. The van der Waals surface area contributed by atoms with E-state index in [0.29, 0.717) is 23.9 Å². The van der Waals surface area contributed by atoms with E-state index in [0.717, 1.165) is 28.9 Å². The summed E-state index contributed by atoms with van der Waals surface area (Å²) in [6.07, 6.45) is 10.4. The van der Waals surface area contributed by atoms with Crippen LogP contribution in [0.1, 0.15) is 24.7 Å². The first-order chi connectivity index (χ1) is 25.3. The number of allylic oxidation sites excluding steroid dienone is 5. The molecule has 0 fully saturated rings. The second-order valence-corrected chi connectivity index (χ2v) is 14.5. The number of hydrogen-bond donors (Lipinski definition) is 0. The van der Waals surface area contributed by atoms with Gasteiger partial charge in [-0.2, -0.15) is 0 Å². The van der Waals surface area contributed by atoms with Gasteiger partial charge in [0.2, 0.25) is 0 Å². The van der Waals surface area contributed by atoms with Crippen LogP contribution in [0.2, 0.25) is 0 Å². The molecular formula is C45H30N4OS. The zero-order valence-corrected chi connectivity index (χ0v) is 28.3. The maximum Gasteiger partial charge on any atom is 0.164 e. The van der Waals surface area contributed by atoms with E-state index >= 15 is 0 Å². The van der Waals surface area contributed by atoms with E-state index in [1.807, 2.05) is 18.2 Å². The van der Waals surface area contributed by atoms with Crippen LogP contribution in [0.15, 0.2) is 163 Å². The average Bonchev–Trinajstić information content (AvgIpc) is 3.87. The van der Waals surface area contributed by atoms with Crippen molar-refractivity contribution in [1.82, 2.24) is 19.5 Å². The topological polar surface area (TPSA) is 52.8 Å². The lowest BCUT2D eigenvalue weighted by atomic mass is 9.89. The molecule has 2 unspecified atom stereocenters. The molecule has 3 aliphatic rings. The smallest absolute Gasteiger partial charge is 0.164 e. The third-order valence-corrected chi connectivity index (χ3v) is 11.7. The van der Waals surface area contributed by atoms with Crippen LogP contribution in [-0.4, -0.2) is 25.6 Å². The molecule has 51 heavy (non-hydrogen) atoms. The van der Waals surface area contributed by atoms with Crippen molar-refractivity contribution in [3.8, 4) is 22.8 Å². The number of hydrogen-bond acceptors (Lipinski definition) is 5. The molecule has 3 aromatic heterocycles. The normalized spacial score (nSPS) is 18.3. The largest absolute Gasteiger partial charge is 0.487 e. The molecule has 0 amide bonds. The van der Waals surface area contributed by atoms with Crippen LogP contribution in [0.3, 0.4) is 0 Å². The fourth-order valence-electron chi connectivity index (χ4n) is 8.26.